The summed E-state index contributed by atoms with van der Waals surface area (Å²) in [5, 5.41) is 33.8. The van der Waals surface area contributed by atoms with Crippen molar-refractivity contribution in [2.24, 2.45) is 11.7 Å². The second-order valence-corrected chi connectivity index (χ2v) is 6.29. The maximum absolute atomic E-state index is 12.3. The zero-order chi connectivity index (χ0) is 20.4. The average Bonchev–Trinajstić information content (AvgIpc) is 2.56. The standard InChI is InChI=1S/C15H28N4O7/c1-7(2)4-10(13(23)17-8(3)15(25)26)18-14(24)11(6-21)19-12(22)9(16)5-20/h7-11,20-21H,4-6,16H2,1-3H3,(H,17,23)(H,18,24)(H,19,22)(H,25,26). The molecule has 0 radical (unpaired) electrons. The minimum Gasteiger partial charge on any atom is -0.480 e. The highest BCUT2D eigenvalue weighted by atomic mass is 16.4. The summed E-state index contributed by atoms with van der Waals surface area (Å²) in [7, 11) is 0. The van der Waals surface area contributed by atoms with Crippen LogP contribution in [0.3, 0.4) is 0 Å². The van der Waals surface area contributed by atoms with Gasteiger partial charge in [-0.05, 0) is 19.3 Å². The van der Waals surface area contributed by atoms with Crippen molar-refractivity contribution in [2.75, 3.05) is 13.2 Å². The molecule has 0 aromatic heterocycles. The van der Waals surface area contributed by atoms with Crippen LogP contribution < -0.4 is 21.7 Å². The Balaban J connectivity index is 5.06. The highest BCUT2D eigenvalue weighted by molar-refractivity contribution is 5.94. The number of aliphatic carboxylic acids is 1. The van der Waals surface area contributed by atoms with Crippen molar-refractivity contribution in [3.63, 3.8) is 0 Å². The quantitative estimate of drug-likeness (QED) is 0.197. The molecule has 150 valence electrons. The van der Waals surface area contributed by atoms with Crippen molar-refractivity contribution in [1.82, 2.24) is 16.0 Å². The molecule has 4 unspecified atom stereocenters. The van der Waals surface area contributed by atoms with Crippen LogP contribution in [0.2, 0.25) is 0 Å². The van der Waals surface area contributed by atoms with Crippen LogP contribution in [0.5, 0.6) is 0 Å². The van der Waals surface area contributed by atoms with Crippen molar-refractivity contribution in [3.05, 3.63) is 0 Å². The zero-order valence-electron chi connectivity index (χ0n) is 15.1. The highest BCUT2D eigenvalue weighted by Gasteiger charge is 2.29. The van der Waals surface area contributed by atoms with Gasteiger partial charge in [0.05, 0.1) is 13.2 Å². The molecule has 0 saturated carbocycles. The minimum atomic E-state index is -1.38. The Morgan fingerprint density at radius 2 is 1.35 bits per heavy atom. The largest absolute Gasteiger partial charge is 0.480 e. The summed E-state index contributed by atoms with van der Waals surface area (Å²) < 4.78 is 0. The fraction of sp³-hybridized carbons (Fsp3) is 0.733. The lowest BCUT2D eigenvalue weighted by Gasteiger charge is -2.24. The molecule has 11 heteroatoms. The number of carbonyl (C=O) groups is 4. The molecule has 26 heavy (non-hydrogen) atoms. The number of aliphatic hydroxyl groups is 2. The van der Waals surface area contributed by atoms with E-state index in [2.05, 4.69) is 16.0 Å². The molecule has 0 heterocycles. The number of nitrogens with two attached hydrogens (primary N) is 1. The molecule has 3 amide bonds. The molecule has 0 aromatic carbocycles. The van der Waals surface area contributed by atoms with Crippen molar-refractivity contribution >= 4 is 23.7 Å². The van der Waals surface area contributed by atoms with Crippen LogP contribution in [-0.4, -0.2) is 76.4 Å². The van der Waals surface area contributed by atoms with Crippen molar-refractivity contribution < 1.29 is 34.5 Å². The third-order valence-electron chi connectivity index (χ3n) is 3.42. The van der Waals surface area contributed by atoms with E-state index < -0.39 is 61.1 Å². The Labute approximate surface area is 151 Å². The molecular formula is C15H28N4O7. The molecule has 0 fully saturated rings. The Morgan fingerprint density at radius 3 is 1.77 bits per heavy atom. The first-order chi connectivity index (χ1) is 12.0. The number of carboxylic acids is 1. The summed E-state index contributed by atoms with van der Waals surface area (Å²) in [4.78, 5) is 47.0. The van der Waals surface area contributed by atoms with E-state index in [-0.39, 0.29) is 12.3 Å². The van der Waals surface area contributed by atoms with Gasteiger partial charge in [-0.1, -0.05) is 13.8 Å². The van der Waals surface area contributed by atoms with E-state index in [1.807, 2.05) is 0 Å². The van der Waals surface area contributed by atoms with Gasteiger partial charge in [0.25, 0.3) is 0 Å². The zero-order valence-corrected chi connectivity index (χ0v) is 15.1. The van der Waals surface area contributed by atoms with Gasteiger partial charge in [-0.25, -0.2) is 0 Å². The first-order valence-electron chi connectivity index (χ1n) is 8.14. The van der Waals surface area contributed by atoms with E-state index in [0.29, 0.717) is 0 Å². The second kappa shape index (κ2) is 11.4. The van der Waals surface area contributed by atoms with Crippen LogP contribution in [0.15, 0.2) is 0 Å². The molecule has 0 aromatic rings. The number of carbonyl (C=O) groups excluding carboxylic acids is 3. The van der Waals surface area contributed by atoms with E-state index >= 15 is 0 Å². The van der Waals surface area contributed by atoms with E-state index in [0.717, 1.165) is 0 Å². The maximum Gasteiger partial charge on any atom is 0.325 e. The van der Waals surface area contributed by atoms with Gasteiger partial charge >= 0.3 is 5.97 Å². The third-order valence-corrected chi connectivity index (χ3v) is 3.42. The molecule has 0 spiro atoms. The summed E-state index contributed by atoms with van der Waals surface area (Å²) in [6, 6.07) is -4.84. The van der Waals surface area contributed by atoms with E-state index in [1.165, 1.54) is 6.92 Å². The smallest absolute Gasteiger partial charge is 0.325 e. The van der Waals surface area contributed by atoms with E-state index in [4.69, 9.17) is 15.9 Å². The molecule has 11 nitrogen and oxygen atoms in total. The Bertz CT molecular complexity index is 512. The fourth-order valence-corrected chi connectivity index (χ4v) is 1.91. The van der Waals surface area contributed by atoms with Crippen molar-refractivity contribution in [1.29, 1.82) is 0 Å². The van der Waals surface area contributed by atoms with Gasteiger partial charge in [0.1, 0.15) is 24.2 Å². The lowest BCUT2D eigenvalue weighted by Crippen LogP contribution is -2.58. The van der Waals surface area contributed by atoms with Crippen LogP contribution in [0.1, 0.15) is 27.2 Å². The van der Waals surface area contributed by atoms with Crippen LogP contribution in [0.25, 0.3) is 0 Å². The molecule has 0 aliphatic heterocycles. The lowest BCUT2D eigenvalue weighted by molar-refractivity contribution is -0.142. The van der Waals surface area contributed by atoms with Crippen LogP contribution in [0.4, 0.5) is 0 Å². The summed E-state index contributed by atoms with van der Waals surface area (Å²) in [5.74, 6) is -3.61. The van der Waals surface area contributed by atoms with Gasteiger partial charge in [0.2, 0.25) is 17.7 Å². The topological polar surface area (TPSA) is 191 Å². The molecular weight excluding hydrogens is 348 g/mol. The van der Waals surface area contributed by atoms with Crippen LogP contribution in [0, 0.1) is 5.92 Å². The number of carboxylic acid groups (broad SMARTS) is 1. The highest BCUT2D eigenvalue weighted by Crippen LogP contribution is 2.06. The molecule has 4 atom stereocenters. The number of nitrogens with one attached hydrogen (secondary N) is 3. The van der Waals surface area contributed by atoms with Gasteiger partial charge < -0.3 is 37.0 Å². The number of rotatable bonds is 11. The van der Waals surface area contributed by atoms with Gasteiger partial charge in [0, 0.05) is 0 Å². The molecule has 0 aliphatic carbocycles. The van der Waals surface area contributed by atoms with E-state index in [1.54, 1.807) is 13.8 Å². The molecule has 0 rings (SSSR count). The Morgan fingerprint density at radius 1 is 0.846 bits per heavy atom. The molecule has 0 bridgehead atoms. The minimum absolute atomic E-state index is 0.00355. The first-order valence-corrected chi connectivity index (χ1v) is 8.14. The number of aliphatic hydroxyl groups excluding tert-OH is 2. The van der Waals surface area contributed by atoms with Gasteiger partial charge in [-0.2, -0.15) is 0 Å². The first kappa shape index (κ1) is 23.8. The predicted octanol–water partition coefficient (Wildman–Crippen LogP) is -3.10. The lowest BCUT2D eigenvalue weighted by atomic mass is 10.0. The summed E-state index contributed by atoms with van der Waals surface area (Å²) in [5.41, 5.74) is 5.32. The maximum atomic E-state index is 12.3. The van der Waals surface area contributed by atoms with Gasteiger partial charge in [0.15, 0.2) is 0 Å². The number of hydrogen-bond acceptors (Lipinski definition) is 7. The van der Waals surface area contributed by atoms with Crippen LogP contribution >= 0.6 is 0 Å². The summed E-state index contributed by atoms with van der Waals surface area (Å²) in [6.45, 7) is 3.49. The molecule has 0 aliphatic rings. The monoisotopic (exact) mass is 376 g/mol. The Hall–Kier alpha value is -2.24. The SMILES string of the molecule is CC(C)CC(NC(=O)C(CO)NC(=O)C(N)CO)C(=O)NC(C)C(=O)O. The molecule has 0 saturated heterocycles. The van der Waals surface area contributed by atoms with Crippen LogP contribution in [-0.2, 0) is 19.2 Å². The van der Waals surface area contributed by atoms with Gasteiger partial charge in [-0.3, -0.25) is 19.2 Å². The predicted molar refractivity (Wildman–Crippen MR) is 90.7 cm³/mol. The second-order valence-electron chi connectivity index (χ2n) is 6.29. The summed E-state index contributed by atoms with van der Waals surface area (Å²) >= 11 is 0. The molecule has 8 N–H and O–H groups in total. The number of amides is 3. The van der Waals surface area contributed by atoms with Crippen molar-refractivity contribution in [3.8, 4) is 0 Å². The normalized spacial score (nSPS) is 15.5. The van der Waals surface area contributed by atoms with E-state index in [9.17, 15) is 24.3 Å². The Kier molecular flexibility index (Phi) is 10.4. The average molecular weight is 376 g/mol. The summed E-state index contributed by atoms with van der Waals surface area (Å²) in [6.07, 6.45) is 0.214. The fourth-order valence-electron chi connectivity index (χ4n) is 1.91. The van der Waals surface area contributed by atoms with Crippen molar-refractivity contribution in [2.45, 2.75) is 51.4 Å². The van der Waals surface area contributed by atoms with Gasteiger partial charge in [-0.15, -0.1) is 0 Å². The number of hydrogen-bond donors (Lipinski definition) is 7. The third kappa shape index (κ3) is 8.23.